The zero-order valence-electron chi connectivity index (χ0n) is 9.88. The van der Waals surface area contributed by atoms with Gasteiger partial charge in [0.2, 0.25) is 5.65 Å². The Hall–Kier alpha value is -2.25. The van der Waals surface area contributed by atoms with Crippen LogP contribution in [0, 0.1) is 0 Å². The van der Waals surface area contributed by atoms with Crippen molar-refractivity contribution in [3.63, 3.8) is 0 Å². The Bertz CT molecular complexity index is 681. The Morgan fingerprint density at radius 1 is 1.22 bits per heavy atom. The number of nitrogens with one attached hydrogen (secondary N) is 1. The molecule has 0 spiro atoms. The number of nitrogens with zero attached hydrogens (tertiary/aromatic N) is 3. The standard InChI is InChI=1S/C10H14N4O4/c1-2-3-4-5-6-11-7-8(12-6)13(17)10(16)14(18)9(7)15/h17-18H,2-5H2,1H3,(H,11,12). The zero-order chi connectivity index (χ0) is 13.3. The number of imidazole rings is 1. The van der Waals surface area contributed by atoms with Crippen LogP contribution in [0.15, 0.2) is 9.59 Å². The largest absolute Gasteiger partial charge is 0.422 e. The maximum Gasteiger partial charge on any atom is 0.399 e. The van der Waals surface area contributed by atoms with E-state index in [1.165, 1.54) is 0 Å². The Morgan fingerprint density at radius 2 is 1.94 bits per heavy atom. The lowest BCUT2D eigenvalue weighted by atomic mass is 10.2. The topological polar surface area (TPSA) is 113 Å². The lowest BCUT2D eigenvalue weighted by Crippen LogP contribution is -2.38. The highest BCUT2D eigenvalue weighted by molar-refractivity contribution is 5.69. The summed E-state index contributed by atoms with van der Waals surface area (Å²) in [5.41, 5.74) is -2.42. The van der Waals surface area contributed by atoms with E-state index in [1.54, 1.807) is 0 Å². The van der Waals surface area contributed by atoms with Crippen LogP contribution >= 0.6 is 0 Å². The smallest absolute Gasteiger partial charge is 0.399 e. The maximum atomic E-state index is 11.6. The lowest BCUT2D eigenvalue weighted by molar-refractivity contribution is 0.110. The first-order chi connectivity index (χ1) is 8.56. The minimum Gasteiger partial charge on any atom is -0.422 e. The molecule has 0 atom stereocenters. The van der Waals surface area contributed by atoms with E-state index >= 15 is 0 Å². The van der Waals surface area contributed by atoms with Gasteiger partial charge >= 0.3 is 11.2 Å². The summed E-state index contributed by atoms with van der Waals surface area (Å²) in [5.74, 6) is 0.504. The molecule has 0 amide bonds. The number of aryl methyl sites for hydroxylation is 1. The molecular formula is C10H14N4O4. The van der Waals surface area contributed by atoms with Gasteiger partial charge in [-0.05, 0) is 6.42 Å². The first-order valence-electron chi connectivity index (χ1n) is 5.71. The molecule has 0 saturated heterocycles. The fourth-order valence-corrected chi connectivity index (χ4v) is 1.75. The fraction of sp³-hybridized carbons (Fsp3) is 0.500. The summed E-state index contributed by atoms with van der Waals surface area (Å²) >= 11 is 0. The quantitative estimate of drug-likeness (QED) is 0.528. The van der Waals surface area contributed by atoms with Gasteiger partial charge in [0.25, 0.3) is 0 Å². The molecule has 8 nitrogen and oxygen atoms in total. The summed E-state index contributed by atoms with van der Waals surface area (Å²) in [6.07, 6.45) is 3.57. The third kappa shape index (κ3) is 1.85. The summed E-state index contributed by atoms with van der Waals surface area (Å²) in [7, 11) is 0. The predicted octanol–water partition coefficient (Wildman–Crippen LogP) is 0.0936. The second-order valence-electron chi connectivity index (χ2n) is 4.05. The summed E-state index contributed by atoms with van der Waals surface area (Å²) in [4.78, 5) is 29.5. The van der Waals surface area contributed by atoms with Crippen molar-refractivity contribution >= 4 is 11.2 Å². The van der Waals surface area contributed by atoms with Gasteiger partial charge in [-0.2, -0.15) is 0 Å². The molecular weight excluding hydrogens is 240 g/mol. The highest BCUT2D eigenvalue weighted by Gasteiger charge is 2.16. The van der Waals surface area contributed by atoms with Crippen molar-refractivity contribution in [3.8, 4) is 0 Å². The molecule has 2 aromatic heterocycles. The predicted molar refractivity (Wildman–Crippen MR) is 62.2 cm³/mol. The molecule has 18 heavy (non-hydrogen) atoms. The number of unbranched alkanes of at least 4 members (excludes halogenated alkanes) is 2. The van der Waals surface area contributed by atoms with Crippen molar-refractivity contribution in [3.05, 3.63) is 26.7 Å². The fourth-order valence-electron chi connectivity index (χ4n) is 1.75. The van der Waals surface area contributed by atoms with E-state index in [2.05, 4.69) is 16.9 Å². The van der Waals surface area contributed by atoms with Crippen molar-refractivity contribution in [1.82, 2.24) is 19.4 Å². The molecule has 0 aliphatic rings. The summed E-state index contributed by atoms with van der Waals surface area (Å²) in [6.45, 7) is 2.06. The number of hydrogen-bond acceptors (Lipinski definition) is 5. The number of fused-ring (bicyclic) bond motifs is 1. The number of aromatic amines is 1. The maximum absolute atomic E-state index is 11.6. The summed E-state index contributed by atoms with van der Waals surface area (Å²) in [5, 5.41) is 18.6. The Balaban J connectivity index is 2.51. The van der Waals surface area contributed by atoms with Gasteiger partial charge in [-0.25, -0.2) is 9.78 Å². The van der Waals surface area contributed by atoms with E-state index in [-0.39, 0.29) is 20.6 Å². The number of rotatable bonds is 4. The second-order valence-corrected chi connectivity index (χ2v) is 4.05. The van der Waals surface area contributed by atoms with E-state index in [4.69, 9.17) is 0 Å². The highest BCUT2D eigenvalue weighted by atomic mass is 16.5. The monoisotopic (exact) mass is 254 g/mol. The highest BCUT2D eigenvalue weighted by Crippen LogP contribution is 2.07. The summed E-state index contributed by atoms with van der Waals surface area (Å²) in [6, 6.07) is 0. The first-order valence-corrected chi connectivity index (χ1v) is 5.71. The van der Waals surface area contributed by atoms with Crippen molar-refractivity contribution in [2.45, 2.75) is 32.6 Å². The third-order valence-electron chi connectivity index (χ3n) is 2.72. The molecule has 0 fully saturated rings. The van der Waals surface area contributed by atoms with Crippen molar-refractivity contribution in [2.24, 2.45) is 0 Å². The molecule has 2 rings (SSSR count). The molecule has 0 aromatic carbocycles. The number of H-pyrrole nitrogens is 1. The SMILES string of the molecule is CCCCCc1nc2c([nH]1)c(=O)n(O)c(=O)n2O. The van der Waals surface area contributed by atoms with Gasteiger partial charge < -0.3 is 15.4 Å². The van der Waals surface area contributed by atoms with Crippen LogP contribution in [0.5, 0.6) is 0 Å². The molecule has 0 aliphatic heterocycles. The van der Waals surface area contributed by atoms with Gasteiger partial charge in [0.15, 0.2) is 5.52 Å². The van der Waals surface area contributed by atoms with Crippen LogP contribution < -0.4 is 11.2 Å². The minimum atomic E-state index is -1.24. The average molecular weight is 254 g/mol. The molecule has 0 aliphatic carbocycles. The van der Waals surface area contributed by atoms with Gasteiger partial charge in [-0.1, -0.05) is 24.5 Å². The Kier molecular flexibility index (Phi) is 3.09. The van der Waals surface area contributed by atoms with Crippen LogP contribution in [0.1, 0.15) is 32.0 Å². The van der Waals surface area contributed by atoms with E-state index in [0.717, 1.165) is 19.3 Å². The van der Waals surface area contributed by atoms with Gasteiger partial charge in [-0.3, -0.25) is 4.79 Å². The molecule has 2 aromatic rings. The van der Waals surface area contributed by atoms with E-state index in [0.29, 0.717) is 12.2 Å². The molecule has 3 N–H and O–H groups in total. The zero-order valence-corrected chi connectivity index (χ0v) is 9.88. The molecule has 0 bridgehead atoms. The van der Waals surface area contributed by atoms with E-state index < -0.39 is 11.2 Å². The second kappa shape index (κ2) is 4.55. The first kappa shape index (κ1) is 12.2. The molecule has 8 heteroatoms. The van der Waals surface area contributed by atoms with Crippen molar-refractivity contribution < 1.29 is 10.4 Å². The van der Waals surface area contributed by atoms with Crippen molar-refractivity contribution in [1.29, 1.82) is 0 Å². The Morgan fingerprint density at radius 3 is 2.61 bits per heavy atom. The third-order valence-corrected chi connectivity index (χ3v) is 2.72. The lowest BCUT2D eigenvalue weighted by Gasteiger charge is -1.97. The van der Waals surface area contributed by atoms with Gasteiger partial charge in [0, 0.05) is 6.42 Å². The number of aromatic nitrogens is 4. The van der Waals surface area contributed by atoms with Gasteiger partial charge in [0.1, 0.15) is 5.82 Å². The molecule has 0 unspecified atom stereocenters. The molecule has 2 heterocycles. The van der Waals surface area contributed by atoms with Crippen LogP contribution in [-0.2, 0) is 6.42 Å². The normalized spacial score (nSPS) is 11.2. The molecule has 0 radical (unpaired) electrons. The van der Waals surface area contributed by atoms with Crippen molar-refractivity contribution in [2.75, 3.05) is 0 Å². The van der Waals surface area contributed by atoms with Crippen LogP contribution in [0.3, 0.4) is 0 Å². The minimum absolute atomic E-state index is 0.0916. The van der Waals surface area contributed by atoms with Crippen LogP contribution in [0.25, 0.3) is 11.2 Å². The van der Waals surface area contributed by atoms with Crippen LogP contribution in [-0.4, -0.2) is 29.8 Å². The van der Waals surface area contributed by atoms with Gasteiger partial charge in [-0.15, -0.1) is 4.73 Å². The van der Waals surface area contributed by atoms with Crippen LogP contribution in [0.4, 0.5) is 0 Å². The average Bonchev–Trinajstić information content (AvgIpc) is 2.78. The number of hydrogen-bond donors (Lipinski definition) is 3. The van der Waals surface area contributed by atoms with Crippen LogP contribution in [0.2, 0.25) is 0 Å². The Labute approximate surface area is 101 Å². The summed E-state index contributed by atoms with van der Waals surface area (Å²) < 4.78 is -0.00705. The van der Waals surface area contributed by atoms with E-state index in [9.17, 15) is 20.0 Å². The van der Waals surface area contributed by atoms with E-state index in [1.807, 2.05) is 0 Å². The molecule has 98 valence electrons. The van der Waals surface area contributed by atoms with Gasteiger partial charge in [0.05, 0.1) is 0 Å². The molecule has 0 saturated carbocycles.